The normalized spacial score (nSPS) is 51.0. The third-order valence-corrected chi connectivity index (χ3v) is 8.57. The van der Waals surface area contributed by atoms with Crippen molar-refractivity contribution in [3.05, 3.63) is 0 Å². The van der Waals surface area contributed by atoms with E-state index in [1.807, 2.05) is 6.92 Å². The molecule has 7 atom stereocenters. The second kappa shape index (κ2) is 5.65. The predicted molar refractivity (Wildman–Crippen MR) is 92.5 cm³/mol. The van der Waals surface area contributed by atoms with Crippen molar-refractivity contribution in [2.45, 2.75) is 78.2 Å². The number of carbonyl (C=O) groups is 2. The molecular formula is C21H32O3. The van der Waals surface area contributed by atoms with E-state index in [0.29, 0.717) is 47.3 Å². The smallest absolute Gasteiger partial charge is 0.162 e. The topological polar surface area (TPSA) is 43.4 Å². The quantitative estimate of drug-likeness (QED) is 0.762. The molecule has 0 saturated heterocycles. The molecule has 0 heterocycles. The summed E-state index contributed by atoms with van der Waals surface area (Å²) < 4.78 is 5.92. The molecule has 0 N–H and O–H groups in total. The van der Waals surface area contributed by atoms with E-state index < -0.39 is 0 Å². The molecule has 3 heteroatoms. The highest BCUT2D eigenvalue weighted by Crippen LogP contribution is 2.65. The predicted octanol–water partition coefficient (Wildman–Crippen LogP) is 4.18. The van der Waals surface area contributed by atoms with Gasteiger partial charge in [-0.05, 0) is 68.1 Å². The number of ketones is 2. The van der Waals surface area contributed by atoms with Crippen LogP contribution in [0.3, 0.4) is 0 Å². The third kappa shape index (κ3) is 2.19. The van der Waals surface area contributed by atoms with Crippen molar-refractivity contribution in [1.29, 1.82) is 0 Å². The Morgan fingerprint density at radius 3 is 2.54 bits per heavy atom. The monoisotopic (exact) mass is 332 g/mol. The first kappa shape index (κ1) is 16.8. The molecule has 134 valence electrons. The Bertz CT molecular complexity index is 555. The Hall–Kier alpha value is -0.700. The van der Waals surface area contributed by atoms with E-state index >= 15 is 0 Å². The van der Waals surface area contributed by atoms with Crippen LogP contribution < -0.4 is 0 Å². The van der Waals surface area contributed by atoms with E-state index in [2.05, 4.69) is 13.8 Å². The molecule has 0 bridgehead atoms. The summed E-state index contributed by atoms with van der Waals surface area (Å²) in [5, 5.41) is 0. The molecule has 0 spiro atoms. The van der Waals surface area contributed by atoms with Crippen molar-refractivity contribution < 1.29 is 14.3 Å². The van der Waals surface area contributed by atoms with Crippen LogP contribution in [0.1, 0.15) is 72.1 Å². The molecule has 4 aliphatic carbocycles. The minimum Gasteiger partial charge on any atom is -0.370 e. The molecule has 4 saturated carbocycles. The van der Waals surface area contributed by atoms with E-state index in [4.69, 9.17) is 4.74 Å². The molecule has 0 radical (unpaired) electrons. The van der Waals surface area contributed by atoms with Crippen LogP contribution in [0, 0.1) is 34.5 Å². The van der Waals surface area contributed by atoms with Gasteiger partial charge < -0.3 is 4.74 Å². The maximum absolute atomic E-state index is 12.6. The Balaban J connectivity index is 1.62. The molecule has 4 aliphatic rings. The van der Waals surface area contributed by atoms with Gasteiger partial charge in [0.1, 0.15) is 11.9 Å². The number of carbonyl (C=O) groups excluding carboxylic acids is 2. The SMILES string of the molecule is CCO[C@H]1C(=O)C[C@H]2[C@@H]3CC[C@H]4CC(=O)CC[C@]4(C)[C@H]3CC[C@]12C. The van der Waals surface area contributed by atoms with E-state index in [0.717, 1.165) is 32.1 Å². The first-order valence-electron chi connectivity index (χ1n) is 10.1. The number of fused-ring (bicyclic) bond motifs is 5. The second-order valence-electron chi connectivity index (χ2n) is 9.45. The van der Waals surface area contributed by atoms with Gasteiger partial charge in [0.2, 0.25) is 0 Å². The highest BCUT2D eigenvalue weighted by atomic mass is 16.5. The van der Waals surface area contributed by atoms with Crippen LogP contribution in [0.5, 0.6) is 0 Å². The molecule has 0 unspecified atom stereocenters. The van der Waals surface area contributed by atoms with Gasteiger partial charge in [-0.3, -0.25) is 9.59 Å². The van der Waals surface area contributed by atoms with Gasteiger partial charge in [-0.1, -0.05) is 13.8 Å². The number of hydrogen-bond donors (Lipinski definition) is 0. The highest BCUT2D eigenvalue weighted by molar-refractivity contribution is 5.87. The minimum absolute atomic E-state index is 0.0436. The number of Topliss-reactive ketones (excluding diaryl/α,β-unsaturated/α-hetero) is 2. The van der Waals surface area contributed by atoms with Crippen LogP contribution in [-0.2, 0) is 14.3 Å². The van der Waals surface area contributed by atoms with Gasteiger partial charge in [-0.15, -0.1) is 0 Å². The van der Waals surface area contributed by atoms with Crippen molar-refractivity contribution in [2.75, 3.05) is 6.61 Å². The zero-order chi connectivity index (χ0) is 17.1. The number of rotatable bonds is 2. The Morgan fingerprint density at radius 2 is 1.79 bits per heavy atom. The highest BCUT2D eigenvalue weighted by Gasteiger charge is 2.62. The molecule has 0 amide bonds. The number of ether oxygens (including phenoxy) is 1. The van der Waals surface area contributed by atoms with Crippen LogP contribution in [0.2, 0.25) is 0 Å². The van der Waals surface area contributed by atoms with Crippen LogP contribution in [-0.4, -0.2) is 24.3 Å². The van der Waals surface area contributed by atoms with Crippen molar-refractivity contribution >= 4 is 11.6 Å². The molecule has 0 aromatic carbocycles. The largest absolute Gasteiger partial charge is 0.370 e. The average Bonchev–Trinajstić information content (AvgIpc) is 2.80. The van der Waals surface area contributed by atoms with Gasteiger partial charge in [0.05, 0.1) is 0 Å². The molecule has 24 heavy (non-hydrogen) atoms. The van der Waals surface area contributed by atoms with Crippen molar-refractivity contribution in [3.8, 4) is 0 Å². The van der Waals surface area contributed by atoms with Gasteiger partial charge in [-0.25, -0.2) is 0 Å². The third-order valence-electron chi connectivity index (χ3n) is 8.57. The summed E-state index contributed by atoms with van der Waals surface area (Å²) >= 11 is 0. The fourth-order valence-corrected chi connectivity index (χ4v) is 7.24. The second-order valence-corrected chi connectivity index (χ2v) is 9.45. The zero-order valence-corrected chi connectivity index (χ0v) is 15.5. The summed E-state index contributed by atoms with van der Waals surface area (Å²) in [5.74, 6) is 3.27. The zero-order valence-electron chi connectivity index (χ0n) is 15.5. The van der Waals surface area contributed by atoms with E-state index in [9.17, 15) is 9.59 Å². The van der Waals surface area contributed by atoms with Gasteiger partial charge in [0.25, 0.3) is 0 Å². The molecule has 3 nitrogen and oxygen atoms in total. The van der Waals surface area contributed by atoms with E-state index in [1.54, 1.807) is 0 Å². The molecule has 0 aliphatic heterocycles. The van der Waals surface area contributed by atoms with E-state index in [-0.39, 0.29) is 11.5 Å². The minimum atomic E-state index is -0.174. The van der Waals surface area contributed by atoms with Crippen LogP contribution >= 0.6 is 0 Å². The Kier molecular flexibility index (Phi) is 3.95. The first-order chi connectivity index (χ1) is 11.4. The van der Waals surface area contributed by atoms with Gasteiger partial charge >= 0.3 is 0 Å². The van der Waals surface area contributed by atoms with Crippen LogP contribution in [0.4, 0.5) is 0 Å². The lowest BCUT2D eigenvalue weighted by atomic mass is 9.45. The van der Waals surface area contributed by atoms with Crippen molar-refractivity contribution in [2.24, 2.45) is 34.5 Å². The molecule has 0 aromatic heterocycles. The molecule has 4 fully saturated rings. The summed E-state index contributed by atoms with van der Waals surface area (Å²) in [4.78, 5) is 24.6. The van der Waals surface area contributed by atoms with E-state index in [1.165, 1.54) is 19.3 Å². The molecule has 0 aromatic rings. The van der Waals surface area contributed by atoms with Crippen LogP contribution in [0.25, 0.3) is 0 Å². The Morgan fingerprint density at radius 1 is 1.00 bits per heavy atom. The molecule has 4 rings (SSSR count). The Labute approximate surface area is 145 Å². The van der Waals surface area contributed by atoms with Crippen molar-refractivity contribution in [1.82, 2.24) is 0 Å². The lowest BCUT2D eigenvalue weighted by Crippen LogP contribution is -2.54. The fourth-order valence-electron chi connectivity index (χ4n) is 7.24. The summed E-state index contributed by atoms with van der Waals surface area (Å²) in [6.45, 7) is 7.41. The fraction of sp³-hybridized carbons (Fsp3) is 0.905. The van der Waals surface area contributed by atoms with Gasteiger partial charge in [0.15, 0.2) is 5.78 Å². The van der Waals surface area contributed by atoms with Gasteiger partial charge in [0, 0.05) is 31.3 Å². The summed E-state index contributed by atoms with van der Waals surface area (Å²) in [6, 6.07) is 0. The number of hydrogen-bond acceptors (Lipinski definition) is 3. The first-order valence-corrected chi connectivity index (χ1v) is 10.1. The average molecular weight is 332 g/mol. The summed E-state index contributed by atoms with van der Waals surface area (Å²) in [7, 11) is 0. The van der Waals surface area contributed by atoms with Gasteiger partial charge in [-0.2, -0.15) is 0 Å². The summed E-state index contributed by atoms with van der Waals surface area (Å²) in [6.07, 6.45) is 7.94. The standard InChI is InChI=1S/C21H32O3/c1-4-24-19-18(23)12-17-15-6-5-13-11-14(22)7-9-20(13,2)16(15)8-10-21(17,19)3/h13,15-17,19H,4-12H2,1-3H3/t13-,15+,16-,17-,19-,20-,21-/m0/s1. The van der Waals surface area contributed by atoms with Crippen LogP contribution in [0.15, 0.2) is 0 Å². The van der Waals surface area contributed by atoms with Crippen molar-refractivity contribution in [3.63, 3.8) is 0 Å². The lowest BCUT2D eigenvalue weighted by Gasteiger charge is -2.59. The lowest BCUT2D eigenvalue weighted by molar-refractivity contribution is -0.148. The molecular weight excluding hydrogens is 300 g/mol. The summed E-state index contributed by atoms with van der Waals surface area (Å²) in [5.41, 5.74) is 0.368. The maximum Gasteiger partial charge on any atom is 0.162 e. The maximum atomic E-state index is 12.6.